The second kappa shape index (κ2) is 7.87. The quantitative estimate of drug-likeness (QED) is 0.549. The molecule has 1 N–H and O–H groups in total. The molecule has 0 spiro atoms. The first-order valence-electron chi connectivity index (χ1n) is 9.89. The number of aryl methyl sites for hydroxylation is 1. The Hall–Kier alpha value is -4.26. The van der Waals surface area contributed by atoms with Crippen molar-refractivity contribution in [1.82, 2.24) is 20.1 Å². The summed E-state index contributed by atoms with van der Waals surface area (Å²) in [5.41, 5.74) is 3.53. The van der Waals surface area contributed by atoms with Crippen LogP contribution in [0.4, 0.5) is 4.79 Å². The largest absolute Gasteiger partial charge is 0.414 e. The summed E-state index contributed by atoms with van der Waals surface area (Å²) in [7, 11) is 0. The lowest BCUT2D eigenvalue weighted by Crippen LogP contribution is -2.32. The third-order valence-electron chi connectivity index (χ3n) is 5.01. The Balaban J connectivity index is 1.60. The van der Waals surface area contributed by atoms with E-state index < -0.39 is 12.3 Å². The molecule has 2 heterocycles. The summed E-state index contributed by atoms with van der Waals surface area (Å²) < 4.78 is 7.34. The molecule has 0 radical (unpaired) electrons. The number of amides is 1. The fourth-order valence-electron chi connectivity index (χ4n) is 3.64. The second-order valence-corrected chi connectivity index (χ2v) is 7.05. The van der Waals surface area contributed by atoms with Gasteiger partial charge < -0.3 is 4.74 Å². The highest BCUT2D eigenvalue weighted by Gasteiger charge is 2.29. The summed E-state index contributed by atoms with van der Waals surface area (Å²) in [5, 5.41) is 11.4. The van der Waals surface area contributed by atoms with Crippen molar-refractivity contribution in [3.63, 3.8) is 0 Å². The van der Waals surface area contributed by atoms with E-state index in [0.717, 1.165) is 22.5 Å². The van der Waals surface area contributed by atoms with Gasteiger partial charge in [0.05, 0.1) is 11.4 Å². The summed E-state index contributed by atoms with van der Waals surface area (Å²) >= 11 is 0. The van der Waals surface area contributed by atoms with E-state index in [1.165, 1.54) is 0 Å². The number of nitrogens with zero attached hydrogens (tertiary/aromatic N) is 4. The number of fused-ring (bicyclic) bond motifs is 3. The molecule has 1 atom stereocenters. The minimum absolute atomic E-state index is 0.446. The van der Waals surface area contributed by atoms with Gasteiger partial charge in [0, 0.05) is 11.1 Å². The minimum Gasteiger partial charge on any atom is -0.410 e. The Kier molecular flexibility index (Phi) is 4.76. The maximum Gasteiger partial charge on any atom is 0.414 e. The molecule has 0 saturated carbocycles. The van der Waals surface area contributed by atoms with Crippen molar-refractivity contribution >= 4 is 11.8 Å². The monoisotopic (exact) mass is 409 g/mol. The predicted molar refractivity (Wildman–Crippen MR) is 117 cm³/mol. The van der Waals surface area contributed by atoms with Crippen LogP contribution in [0.5, 0.6) is 5.75 Å². The highest BCUT2D eigenvalue weighted by molar-refractivity contribution is 6.15. The number of hydrogen-bond acceptors (Lipinski definition) is 5. The minimum atomic E-state index is -0.778. The van der Waals surface area contributed by atoms with Crippen LogP contribution in [-0.2, 0) is 0 Å². The average molecular weight is 409 g/mol. The molecule has 1 aromatic heterocycles. The molecule has 0 saturated heterocycles. The number of ether oxygens (including phenoxy) is 1. The number of carbonyl (C=O) groups excluding carboxylic acids is 1. The lowest BCUT2D eigenvalue weighted by Gasteiger charge is -2.14. The van der Waals surface area contributed by atoms with E-state index in [1.54, 1.807) is 24.3 Å². The first kappa shape index (κ1) is 18.7. The molecule has 0 bridgehead atoms. The second-order valence-electron chi connectivity index (χ2n) is 7.05. The van der Waals surface area contributed by atoms with Crippen molar-refractivity contribution in [3.8, 4) is 11.4 Å². The van der Waals surface area contributed by atoms with Crippen LogP contribution in [0.1, 0.15) is 28.9 Å². The Bertz CT molecular complexity index is 1270. The maximum atomic E-state index is 12.7. The number of nitrogens with one attached hydrogen (secondary N) is 1. The number of para-hydroxylation sites is 2. The summed E-state index contributed by atoms with van der Waals surface area (Å²) in [6.07, 6.45) is -1.40. The first-order valence-corrected chi connectivity index (χ1v) is 9.89. The number of carbonyl (C=O) groups is 1. The standard InChI is InChI=1S/C24H19N5O2/c1-16-27-28-23-22(26-24(30)31-18-12-6-3-7-13-18)25-21(17-10-4-2-5-11-17)19-14-8-9-15-20(19)29(16)23/h2-15,22H,1H3,(H,26,30). The average Bonchev–Trinajstić information content (AvgIpc) is 3.12. The lowest BCUT2D eigenvalue weighted by molar-refractivity contribution is 0.196. The lowest BCUT2D eigenvalue weighted by atomic mass is 10.0. The predicted octanol–water partition coefficient (Wildman–Crippen LogP) is 4.21. The summed E-state index contributed by atoms with van der Waals surface area (Å²) in [6, 6.07) is 26.7. The van der Waals surface area contributed by atoms with Crippen LogP contribution in [0.25, 0.3) is 5.69 Å². The number of hydrogen-bond donors (Lipinski definition) is 1. The van der Waals surface area contributed by atoms with Crippen molar-refractivity contribution < 1.29 is 9.53 Å². The van der Waals surface area contributed by atoms with Gasteiger partial charge in [0.2, 0.25) is 0 Å². The molecule has 1 aliphatic heterocycles. The number of rotatable bonds is 3. The normalized spacial score (nSPS) is 14.6. The molecular weight excluding hydrogens is 390 g/mol. The fraction of sp³-hybridized carbons (Fsp3) is 0.0833. The Morgan fingerprint density at radius 3 is 2.35 bits per heavy atom. The smallest absolute Gasteiger partial charge is 0.410 e. The summed E-state index contributed by atoms with van der Waals surface area (Å²) in [5.74, 6) is 1.66. The summed E-state index contributed by atoms with van der Waals surface area (Å²) in [6.45, 7) is 1.88. The molecular formula is C24H19N5O2. The van der Waals surface area contributed by atoms with Crippen molar-refractivity contribution in [2.45, 2.75) is 13.1 Å². The molecule has 1 amide bonds. The van der Waals surface area contributed by atoms with Gasteiger partial charge in [0.25, 0.3) is 0 Å². The van der Waals surface area contributed by atoms with Gasteiger partial charge in [-0.3, -0.25) is 14.9 Å². The van der Waals surface area contributed by atoms with Gasteiger partial charge in [-0.2, -0.15) is 0 Å². The van der Waals surface area contributed by atoms with Gasteiger partial charge in [-0.25, -0.2) is 4.79 Å². The van der Waals surface area contributed by atoms with E-state index in [0.29, 0.717) is 17.4 Å². The van der Waals surface area contributed by atoms with Crippen LogP contribution in [-0.4, -0.2) is 26.6 Å². The van der Waals surface area contributed by atoms with Crippen LogP contribution < -0.4 is 10.1 Å². The molecule has 0 aliphatic carbocycles. The zero-order valence-electron chi connectivity index (χ0n) is 16.8. The molecule has 0 fully saturated rings. The molecule has 4 aromatic rings. The van der Waals surface area contributed by atoms with E-state index in [2.05, 4.69) is 15.5 Å². The van der Waals surface area contributed by atoms with Crippen LogP contribution in [0.15, 0.2) is 89.9 Å². The molecule has 152 valence electrons. The summed E-state index contributed by atoms with van der Waals surface area (Å²) in [4.78, 5) is 17.6. The van der Waals surface area contributed by atoms with Crippen LogP contribution in [0.3, 0.4) is 0 Å². The molecule has 5 rings (SSSR count). The van der Waals surface area contributed by atoms with Crippen LogP contribution in [0, 0.1) is 6.92 Å². The molecule has 3 aromatic carbocycles. The third kappa shape index (κ3) is 3.57. The number of aliphatic imine (C=N–C) groups is 1. The van der Waals surface area contributed by atoms with E-state index >= 15 is 0 Å². The number of benzene rings is 3. The van der Waals surface area contributed by atoms with E-state index in [1.807, 2.05) is 72.2 Å². The van der Waals surface area contributed by atoms with E-state index in [-0.39, 0.29) is 0 Å². The van der Waals surface area contributed by atoms with Gasteiger partial charge in [-0.1, -0.05) is 66.7 Å². The van der Waals surface area contributed by atoms with Crippen LogP contribution in [0.2, 0.25) is 0 Å². The highest BCUT2D eigenvalue weighted by Crippen LogP contribution is 2.29. The Morgan fingerprint density at radius 2 is 1.58 bits per heavy atom. The van der Waals surface area contributed by atoms with Gasteiger partial charge in [0.15, 0.2) is 12.0 Å². The highest BCUT2D eigenvalue weighted by atomic mass is 16.6. The topological polar surface area (TPSA) is 81.4 Å². The Morgan fingerprint density at radius 1 is 0.903 bits per heavy atom. The van der Waals surface area contributed by atoms with E-state index in [9.17, 15) is 4.79 Å². The fourth-order valence-corrected chi connectivity index (χ4v) is 3.64. The first-order chi connectivity index (χ1) is 15.2. The molecule has 7 nitrogen and oxygen atoms in total. The molecule has 7 heteroatoms. The van der Waals surface area contributed by atoms with Gasteiger partial charge in [-0.15, -0.1) is 10.2 Å². The van der Waals surface area contributed by atoms with Crippen molar-refractivity contribution in [3.05, 3.63) is 108 Å². The SMILES string of the molecule is Cc1nnc2n1-c1ccccc1C(c1ccccc1)=NC2NC(=O)Oc1ccccc1. The Labute approximate surface area is 179 Å². The van der Waals surface area contributed by atoms with Crippen molar-refractivity contribution in [2.75, 3.05) is 0 Å². The zero-order valence-corrected chi connectivity index (χ0v) is 16.8. The van der Waals surface area contributed by atoms with Gasteiger partial charge in [0.1, 0.15) is 11.6 Å². The third-order valence-corrected chi connectivity index (χ3v) is 5.01. The van der Waals surface area contributed by atoms with Crippen LogP contribution >= 0.6 is 0 Å². The molecule has 31 heavy (non-hydrogen) atoms. The van der Waals surface area contributed by atoms with Crippen molar-refractivity contribution in [1.29, 1.82) is 0 Å². The zero-order chi connectivity index (χ0) is 21.2. The number of aromatic nitrogens is 3. The van der Waals surface area contributed by atoms with Gasteiger partial charge in [-0.05, 0) is 25.1 Å². The molecule has 1 aliphatic rings. The van der Waals surface area contributed by atoms with Crippen molar-refractivity contribution in [2.24, 2.45) is 4.99 Å². The van der Waals surface area contributed by atoms with Gasteiger partial charge >= 0.3 is 6.09 Å². The van der Waals surface area contributed by atoms with E-state index in [4.69, 9.17) is 9.73 Å². The molecule has 1 unspecified atom stereocenters. The maximum absolute atomic E-state index is 12.7.